The van der Waals surface area contributed by atoms with E-state index in [9.17, 15) is 50.3 Å². The second-order valence-electron chi connectivity index (χ2n) is 8.14. The number of carbonyl (C=O) groups is 5. The van der Waals surface area contributed by atoms with Crippen molar-refractivity contribution in [1.29, 1.82) is 0 Å². The molecule has 224 valence electrons. The molecule has 2 aromatic carbocycles. The van der Waals surface area contributed by atoms with Crippen molar-refractivity contribution in [2.24, 2.45) is 0 Å². The van der Waals surface area contributed by atoms with Gasteiger partial charge in [-0.15, -0.1) is 0 Å². The van der Waals surface area contributed by atoms with Crippen LogP contribution in [0.2, 0.25) is 0 Å². The molecule has 0 aliphatic carbocycles. The minimum atomic E-state index is -4.80. The Balaban J connectivity index is 0.000000414. The molecule has 1 amide bonds. The molecule has 0 spiro atoms. The topological polar surface area (TPSA) is 142 Å². The van der Waals surface area contributed by atoms with E-state index in [0.29, 0.717) is 12.1 Å². The second kappa shape index (κ2) is 13.8. The molecule has 0 heterocycles. The summed E-state index contributed by atoms with van der Waals surface area (Å²) in [5, 5.41) is 2.13. The lowest BCUT2D eigenvalue weighted by Gasteiger charge is -2.16. The third-order valence-electron chi connectivity index (χ3n) is 5.32. The predicted molar refractivity (Wildman–Crippen MR) is 134 cm³/mol. The molecule has 0 aromatic heterocycles. The summed E-state index contributed by atoms with van der Waals surface area (Å²) in [7, 11) is 2.11. The number of methoxy groups -OCH3 is 2. The van der Waals surface area contributed by atoms with Crippen molar-refractivity contribution in [2.75, 3.05) is 25.3 Å². The number of nitrogens with one attached hydrogen (secondary N) is 1. The lowest BCUT2D eigenvalue weighted by Crippen LogP contribution is -2.18. The number of hydrogen-bond donors (Lipinski definition) is 2. The highest BCUT2D eigenvalue weighted by Crippen LogP contribution is 2.37. The standard InChI is InChI=1S/C14H14F3NO4.C12H12F3NO3/c1-4-12(20)8-5-9(13(21)22-3)11(18-7(2)19)6-10(8)14(15,16)17;1-3-10(17)6-4-7(11(18)19-2)9(16)5-8(6)12(13,14)15/h5-6H,4H2,1-3H3,(H,18,19);4-5H,3,16H2,1-2H3. The van der Waals surface area contributed by atoms with E-state index in [-0.39, 0.29) is 35.3 Å². The Morgan fingerprint density at radius 3 is 1.46 bits per heavy atom. The first kappa shape index (κ1) is 34.6. The maximum Gasteiger partial charge on any atom is 0.417 e. The number of hydrogen-bond acceptors (Lipinski definition) is 8. The van der Waals surface area contributed by atoms with Gasteiger partial charge in [0.2, 0.25) is 5.91 Å². The zero-order valence-corrected chi connectivity index (χ0v) is 22.4. The summed E-state index contributed by atoms with van der Waals surface area (Å²) in [6.07, 6.45) is -9.80. The maximum atomic E-state index is 13.1. The highest BCUT2D eigenvalue weighted by Gasteiger charge is 2.37. The normalized spacial score (nSPS) is 11.1. The molecular formula is C26H26F6N2O7. The molecule has 0 aliphatic rings. The van der Waals surface area contributed by atoms with E-state index in [4.69, 9.17) is 5.73 Å². The van der Waals surface area contributed by atoms with Crippen LogP contribution >= 0.6 is 0 Å². The molecule has 9 nitrogen and oxygen atoms in total. The summed E-state index contributed by atoms with van der Waals surface area (Å²) < 4.78 is 86.6. The van der Waals surface area contributed by atoms with Crippen molar-refractivity contribution in [3.63, 3.8) is 0 Å². The first-order chi connectivity index (χ1) is 18.8. The van der Waals surface area contributed by atoms with Crippen LogP contribution < -0.4 is 11.1 Å². The SMILES string of the molecule is CCC(=O)c1cc(C(=O)OC)c(N)cc1C(F)(F)F.CCC(=O)c1cc(C(=O)OC)c(NC(C)=O)cc1C(F)(F)F. The number of benzene rings is 2. The highest BCUT2D eigenvalue weighted by molar-refractivity contribution is 6.06. The van der Waals surface area contributed by atoms with Crippen LogP contribution in [0.1, 0.15) is 86.2 Å². The molecule has 0 bridgehead atoms. The molecule has 0 saturated carbocycles. The Labute approximate surface area is 230 Å². The van der Waals surface area contributed by atoms with Gasteiger partial charge >= 0.3 is 24.3 Å². The monoisotopic (exact) mass is 592 g/mol. The quantitative estimate of drug-likeness (QED) is 0.180. The third kappa shape index (κ3) is 8.78. The van der Waals surface area contributed by atoms with Crippen molar-refractivity contribution in [1.82, 2.24) is 0 Å². The summed E-state index contributed by atoms with van der Waals surface area (Å²) >= 11 is 0. The van der Waals surface area contributed by atoms with Gasteiger partial charge in [-0.1, -0.05) is 13.8 Å². The van der Waals surface area contributed by atoms with Crippen LogP contribution in [-0.2, 0) is 26.6 Å². The van der Waals surface area contributed by atoms with Gasteiger partial charge < -0.3 is 20.5 Å². The lowest BCUT2D eigenvalue weighted by atomic mass is 9.97. The minimum absolute atomic E-state index is 0.117. The average Bonchev–Trinajstić information content (AvgIpc) is 2.89. The van der Waals surface area contributed by atoms with Gasteiger partial charge in [-0.3, -0.25) is 14.4 Å². The lowest BCUT2D eigenvalue weighted by molar-refractivity contribution is -0.138. The Morgan fingerprint density at radius 1 is 0.707 bits per heavy atom. The zero-order valence-electron chi connectivity index (χ0n) is 22.4. The molecule has 3 N–H and O–H groups in total. The molecule has 0 radical (unpaired) electrons. The van der Waals surface area contributed by atoms with Gasteiger partial charge in [-0.25, -0.2) is 9.59 Å². The molecule has 2 aromatic rings. The van der Waals surface area contributed by atoms with Crippen LogP contribution in [0.15, 0.2) is 24.3 Å². The summed E-state index contributed by atoms with van der Waals surface area (Å²) in [4.78, 5) is 57.4. The van der Waals surface area contributed by atoms with Gasteiger partial charge in [0.25, 0.3) is 0 Å². The van der Waals surface area contributed by atoms with E-state index in [2.05, 4.69) is 14.8 Å². The van der Waals surface area contributed by atoms with Crippen LogP contribution in [0.4, 0.5) is 37.7 Å². The van der Waals surface area contributed by atoms with E-state index in [1.165, 1.54) is 13.8 Å². The molecule has 0 aliphatic heterocycles. The predicted octanol–water partition coefficient (Wildman–Crippen LogP) is 5.71. The van der Waals surface area contributed by atoms with Gasteiger partial charge in [-0.2, -0.15) is 26.3 Å². The fourth-order valence-electron chi connectivity index (χ4n) is 3.39. The van der Waals surface area contributed by atoms with E-state index in [1.807, 2.05) is 0 Å². The molecule has 15 heteroatoms. The molecular weight excluding hydrogens is 566 g/mol. The number of halogens is 6. The molecule has 2 rings (SSSR count). The number of nitrogens with two attached hydrogens (primary N) is 1. The Kier molecular flexibility index (Phi) is 11.6. The van der Waals surface area contributed by atoms with Crippen molar-refractivity contribution in [3.05, 3.63) is 57.6 Å². The number of rotatable bonds is 7. The largest absolute Gasteiger partial charge is 0.465 e. The summed E-state index contributed by atoms with van der Waals surface area (Å²) in [5.74, 6) is -4.00. The van der Waals surface area contributed by atoms with Crippen LogP contribution in [0.3, 0.4) is 0 Å². The van der Waals surface area contributed by atoms with E-state index < -0.39 is 64.0 Å². The second-order valence-corrected chi connectivity index (χ2v) is 8.14. The van der Waals surface area contributed by atoms with E-state index >= 15 is 0 Å². The number of amides is 1. The van der Waals surface area contributed by atoms with Crippen molar-refractivity contribution in [2.45, 2.75) is 46.0 Å². The molecule has 41 heavy (non-hydrogen) atoms. The average molecular weight is 592 g/mol. The molecule has 0 unspecified atom stereocenters. The van der Waals surface area contributed by atoms with Gasteiger partial charge in [0.15, 0.2) is 11.6 Å². The molecule has 0 fully saturated rings. The fourth-order valence-corrected chi connectivity index (χ4v) is 3.39. The fraction of sp³-hybridized carbons (Fsp3) is 0.346. The number of ether oxygens (including phenoxy) is 2. The van der Waals surface area contributed by atoms with Crippen LogP contribution in [0.5, 0.6) is 0 Å². The summed E-state index contributed by atoms with van der Waals surface area (Å²) in [5.41, 5.74) is 0.500. The smallest absolute Gasteiger partial charge is 0.417 e. The van der Waals surface area contributed by atoms with Crippen molar-refractivity contribution < 1.29 is 59.8 Å². The first-order valence-electron chi connectivity index (χ1n) is 11.6. The summed E-state index contributed by atoms with van der Waals surface area (Å²) in [6, 6.07) is 2.77. The van der Waals surface area contributed by atoms with Crippen molar-refractivity contribution in [3.8, 4) is 0 Å². The first-order valence-corrected chi connectivity index (χ1v) is 11.6. The highest BCUT2D eigenvalue weighted by atomic mass is 19.4. The van der Waals surface area contributed by atoms with Gasteiger partial charge in [-0.05, 0) is 24.3 Å². The van der Waals surface area contributed by atoms with Crippen LogP contribution in [0.25, 0.3) is 0 Å². The number of alkyl halides is 6. The van der Waals surface area contributed by atoms with E-state index in [1.54, 1.807) is 0 Å². The number of ketones is 2. The minimum Gasteiger partial charge on any atom is -0.465 e. The Bertz CT molecular complexity index is 1350. The number of Topliss-reactive ketones (excluding diaryl/α,β-unsaturated/α-hetero) is 2. The summed E-state index contributed by atoms with van der Waals surface area (Å²) in [6.45, 7) is 3.91. The van der Waals surface area contributed by atoms with Gasteiger partial charge in [0.1, 0.15) is 0 Å². The third-order valence-corrected chi connectivity index (χ3v) is 5.32. The maximum absolute atomic E-state index is 13.1. The van der Waals surface area contributed by atoms with Gasteiger partial charge in [0.05, 0.1) is 42.2 Å². The molecule has 0 saturated heterocycles. The van der Waals surface area contributed by atoms with Crippen LogP contribution in [-0.4, -0.2) is 43.6 Å². The zero-order chi connectivity index (χ0) is 31.9. The van der Waals surface area contributed by atoms with E-state index in [0.717, 1.165) is 33.3 Å². The Morgan fingerprint density at radius 2 is 1.10 bits per heavy atom. The number of esters is 2. The van der Waals surface area contributed by atoms with Crippen LogP contribution in [0, 0.1) is 0 Å². The van der Waals surface area contributed by atoms with Crippen molar-refractivity contribution >= 4 is 40.8 Å². The Hall–Kier alpha value is -4.43. The molecule has 0 atom stereocenters. The number of anilines is 2. The number of nitrogen functional groups attached to an aromatic ring is 1. The number of carbonyl (C=O) groups excluding carboxylic acids is 5. The van der Waals surface area contributed by atoms with Gasteiger partial charge in [0, 0.05) is 36.6 Å².